The molecule has 0 N–H and O–H groups in total. The fraction of sp³-hybridized carbons (Fsp3) is 0.635. The molecule has 0 unspecified atom stereocenters. The molecule has 0 rings (SSSR count). The third kappa shape index (κ3) is 54.6. The van der Waals surface area contributed by atoms with E-state index in [0.29, 0.717) is 19.3 Å². The van der Waals surface area contributed by atoms with Crippen LogP contribution in [0.4, 0.5) is 0 Å². The zero-order valence-electron chi connectivity index (χ0n) is 44.5. The molecule has 69 heavy (non-hydrogen) atoms. The van der Waals surface area contributed by atoms with E-state index in [1.54, 1.807) is 0 Å². The molecule has 6 nitrogen and oxygen atoms in total. The molecule has 0 aromatic heterocycles. The molecule has 0 aromatic carbocycles. The highest BCUT2D eigenvalue weighted by atomic mass is 16.6. The third-order valence-corrected chi connectivity index (χ3v) is 11.5. The van der Waals surface area contributed by atoms with Gasteiger partial charge in [0.2, 0.25) is 0 Å². The topological polar surface area (TPSA) is 78.9 Å². The van der Waals surface area contributed by atoms with Crippen molar-refractivity contribution in [2.24, 2.45) is 0 Å². The van der Waals surface area contributed by atoms with E-state index in [1.807, 2.05) is 0 Å². The fourth-order valence-electron chi connectivity index (χ4n) is 7.34. The van der Waals surface area contributed by atoms with Gasteiger partial charge in [0, 0.05) is 19.3 Å². The van der Waals surface area contributed by atoms with Crippen molar-refractivity contribution in [1.29, 1.82) is 0 Å². The van der Waals surface area contributed by atoms with Crippen LogP contribution in [0.2, 0.25) is 0 Å². The van der Waals surface area contributed by atoms with Gasteiger partial charge in [-0.2, -0.15) is 0 Å². The Hall–Kier alpha value is -4.19. The summed E-state index contributed by atoms with van der Waals surface area (Å²) in [5, 5.41) is 0. The normalized spacial score (nSPS) is 13.0. The summed E-state index contributed by atoms with van der Waals surface area (Å²) in [5.74, 6) is -1.04. The van der Waals surface area contributed by atoms with Crippen molar-refractivity contribution in [3.63, 3.8) is 0 Å². The monoisotopic (exact) mass is 955 g/mol. The maximum absolute atomic E-state index is 12.8. The van der Waals surface area contributed by atoms with Gasteiger partial charge in [-0.25, -0.2) is 0 Å². The first kappa shape index (κ1) is 64.8. The number of carbonyl (C=O) groups is 3. The van der Waals surface area contributed by atoms with E-state index in [4.69, 9.17) is 14.2 Å². The van der Waals surface area contributed by atoms with Crippen LogP contribution >= 0.6 is 0 Å². The smallest absolute Gasteiger partial charge is 0.306 e. The Labute approximate surface area is 424 Å². The Morgan fingerprint density at radius 1 is 0.304 bits per heavy atom. The second kappa shape index (κ2) is 56.4. The summed E-state index contributed by atoms with van der Waals surface area (Å²) in [7, 11) is 0. The first-order valence-electron chi connectivity index (χ1n) is 28.0. The summed E-state index contributed by atoms with van der Waals surface area (Å²) >= 11 is 0. The van der Waals surface area contributed by atoms with Gasteiger partial charge in [-0.15, -0.1) is 0 Å². The van der Waals surface area contributed by atoms with Crippen molar-refractivity contribution in [2.75, 3.05) is 13.2 Å². The maximum Gasteiger partial charge on any atom is 0.306 e. The largest absolute Gasteiger partial charge is 0.462 e. The van der Waals surface area contributed by atoms with Crippen LogP contribution in [0.25, 0.3) is 0 Å². The van der Waals surface area contributed by atoms with Gasteiger partial charge in [-0.3, -0.25) is 14.4 Å². The molecule has 0 spiro atoms. The van der Waals surface area contributed by atoms with Crippen molar-refractivity contribution in [1.82, 2.24) is 0 Å². The van der Waals surface area contributed by atoms with Gasteiger partial charge in [0.25, 0.3) is 0 Å². The predicted molar refractivity (Wildman–Crippen MR) is 297 cm³/mol. The molecule has 6 heteroatoms. The summed E-state index contributed by atoms with van der Waals surface area (Å²) in [6.07, 6.45) is 77.7. The van der Waals surface area contributed by atoms with E-state index >= 15 is 0 Å². The third-order valence-electron chi connectivity index (χ3n) is 11.5. The summed E-state index contributed by atoms with van der Waals surface area (Å²) in [5.41, 5.74) is 0. The lowest BCUT2D eigenvalue weighted by Gasteiger charge is -2.18. The lowest BCUT2D eigenvalue weighted by molar-refractivity contribution is -0.167. The van der Waals surface area contributed by atoms with E-state index in [9.17, 15) is 14.4 Å². The Morgan fingerprint density at radius 2 is 0.565 bits per heavy atom. The van der Waals surface area contributed by atoms with Gasteiger partial charge < -0.3 is 14.2 Å². The van der Waals surface area contributed by atoms with Crippen LogP contribution in [0.15, 0.2) is 122 Å². The first-order chi connectivity index (χ1) is 34.0. The van der Waals surface area contributed by atoms with Gasteiger partial charge in [-0.1, -0.05) is 245 Å². The molecule has 0 bridgehead atoms. The van der Waals surface area contributed by atoms with Gasteiger partial charge >= 0.3 is 17.9 Å². The van der Waals surface area contributed by atoms with Gasteiger partial charge in [0.1, 0.15) is 13.2 Å². The summed E-state index contributed by atoms with van der Waals surface area (Å²) in [6, 6.07) is 0. The lowest BCUT2D eigenvalue weighted by atomic mass is 10.0. The van der Waals surface area contributed by atoms with Crippen LogP contribution < -0.4 is 0 Å². The van der Waals surface area contributed by atoms with Crippen LogP contribution in [0.1, 0.15) is 239 Å². The minimum atomic E-state index is -0.833. The summed E-state index contributed by atoms with van der Waals surface area (Å²) in [6.45, 7) is 6.32. The van der Waals surface area contributed by atoms with Crippen molar-refractivity contribution in [3.05, 3.63) is 122 Å². The van der Waals surface area contributed by atoms with Crippen LogP contribution in [0, 0.1) is 0 Å². The molecule has 0 heterocycles. The number of esters is 3. The lowest BCUT2D eigenvalue weighted by Crippen LogP contribution is -2.30. The SMILES string of the molecule is CC/C=C\C/C=C\C/C=C\C/C=C\C/C=C\CCCC(=O)OC[C@H](COC(=O)CCCCCCCCCCCCCCCCCCC)OC(=O)CCC/C=C\C/C=C\C/C=C\C/C=C\C/C=C\CC. The standard InChI is InChI=1S/C63H102O6/c1-4-7-10-13-16-19-22-25-28-31-34-37-40-43-46-49-52-55-61(64)67-58-60(69-63(66)57-54-51-48-45-42-39-36-33-30-27-24-21-18-15-12-9-6-3)59-68-62(65)56-53-50-47-44-41-38-35-32-29-26-23-20-17-14-11-8-5-2/h7,9-10,12,16,18-19,21,25,27-28,30,34,36-37,39,43,45-46,48,60H,4-6,8,11,13-15,17,20,22-24,26,29,31-33,35,38,40-42,44,47,49-59H2,1-3H3/b10-7-,12-9-,19-16-,21-18-,28-25-,30-27-,37-34-,39-36-,46-43-,48-45-/t60-/m1/s1. The molecule has 390 valence electrons. The predicted octanol–water partition coefficient (Wildman–Crippen LogP) is 18.9. The van der Waals surface area contributed by atoms with Crippen molar-refractivity contribution >= 4 is 17.9 Å². The van der Waals surface area contributed by atoms with E-state index in [0.717, 1.165) is 96.3 Å². The molecule has 0 saturated carbocycles. The second-order valence-electron chi connectivity index (χ2n) is 18.1. The highest BCUT2D eigenvalue weighted by Gasteiger charge is 2.19. The summed E-state index contributed by atoms with van der Waals surface area (Å²) < 4.78 is 16.8. The number of unbranched alkanes of at least 4 members (excludes halogenated alkanes) is 18. The number of hydrogen-bond donors (Lipinski definition) is 0. The molecular formula is C63H102O6. The van der Waals surface area contributed by atoms with Gasteiger partial charge in [0.15, 0.2) is 6.10 Å². The molecule has 0 aliphatic carbocycles. The van der Waals surface area contributed by atoms with Crippen molar-refractivity contribution in [3.8, 4) is 0 Å². The van der Waals surface area contributed by atoms with Crippen LogP contribution in [-0.4, -0.2) is 37.2 Å². The maximum atomic E-state index is 12.8. The van der Waals surface area contributed by atoms with E-state index in [2.05, 4.69) is 142 Å². The molecule has 0 aromatic rings. The molecular weight excluding hydrogens is 853 g/mol. The Balaban J connectivity index is 4.56. The molecule has 0 radical (unpaired) electrons. The minimum absolute atomic E-state index is 0.119. The molecule has 0 aliphatic heterocycles. The second-order valence-corrected chi connectivity index (χ2v) is 18.1. The molecule has 0 saturated heterocycles. The van der Waals surface area contributed by atoms with E-state index in [-0.39, 0.29) is 44.0 Å². The van der Waals surface area contributed by atoms with Gasteiger partial charge in [0.05, 0.1) is 0 Å². The van der Waals surface area contributed by atoms with Gasteiger partial charge in [-0.05, 0) is 96.3 Å². The number of carbonyl (C=O) groups excluding carboxylic acids is 3. The zero-order chi connectivity index (χ0) is 50.0. The fourth-order valence-corrected chi connectivity index (χ4v) is 7.34. The highest BCUT2D eigenvalue weighted by molar-refractivity contribution is 5.71. The zero-order valence-corrected chi connectivity index (χ0v) is 44.5. The average molecular weight is 956 g/mol. The van der Waals surface area contributed by atoms with E-state index in [1.165, 1.54) is 89.9 Å². The molecule has 0 fully saturated rings. The minimum Gasteiger partial charge on any atom is -0.462 e. The number of ether oxygens (including phenoxy) is 3. The average Bonchev–Trinajstić information content (AvgIpc) is 3.35. The molecule has 0 amide bonds. The van der Waals surface area contributed by atoms with Crippen molar-refractivity contribution in [2.45, 2.75) is 245 Å². The number of rotatable bonds is 49. The quantitative estimate of drug-likeness (QED) is 0.0262. The van der Waals surface area contributed by atoms with E-state index < -0.39 is 6.10 Å². The Bertz CT molecular complexity index is 1470. The summed E-state index contributed by atoms with van der Waals surface area (Å²) in [4.78, 5) is 38.1. The Morgan fingerprint density at radius 3 is 0.884 bits per heavy atom. The van der Waals surface area contributed by atoms with Crippen molar-refractivity contribution < 1.29 is 28.6 Å². The molecule has 1 atom stereocenters. The first-order valence-corrected chi connectivity index (χ1v) is 28.0. The van der Waals surface area contributed by atoms with Crippen LogP contribution in [0.3, 0.4) is 0 Å². The van der Waals surface area contributed by atoms with Crippen LogP contribution in [0.5, 0.6) is 0 Å². The molecule has 0 aliphatic rings. The van der Waals surface area contributed by atoms with Crippen LogP contribution in [-0.2, 0) is 28.6 Å². The number of hydrogen-bond acceptors (Lipinski definition) is 6. The Kier molecular flexibility index (Phi) is 53.0. The number of allylic oxidation sites excluding steroid dienone is 20. The highest BCUT2D eigenvalue weighted by Crippen LogP contribution is 2.15.